The van der Waals surface area contributed by atoms with Gasteiger partial charge in [0, 0.05) is 22.4 Å². The van der Waals surface area contributed by atoms with Crippen LogP contribution in [0.4, 0.5) is 17.1 Å². The summed E-state index contributed by atoms with van der Waals surface area (Å²) in [5, 5.41) is 0. The lowest BCUT2D eigenvalue weighted by molar-refractivity contribution is 0.443. The van der Waals surface area contributed by atoms with Gasteiger partial charge in [-0.3, -0.25) is 0 Å². The van der Waals surface area contributed by atoms with E-state index in [0.29, 0.717) is 5.92 Å². The van der Waals surface area contributed by atoms with Crippen LogP contribution >= 0.6 is 0 Å². The number of anilines is 3. The van der Waals surface area contributed by atoms with E-state index >= 15 is 0 Å². The Bertz CT molecular complexity index is 3330. The normalized spacial score (nSPS) is 14.9. The predicted molar refractivity (Wildman–Crippen MR) is 321 cm³/mol. The first-order valence-electron chi connectivity index (χ1n) is 27.8. The smallest absolute Gasteiger partial charge is 0.0540 e. The fourth-order valence-electron chi connectivity index (χ4n) is 11.8. The lowest BCUT2D eigenvalue weighted by Gasteiger charge is -2.30. The molecule has 8 aromatic rings. The van der Waals surface area contributed by atoms with Gasteiger partial charge in [0.25, 0.3) is 0 Å². The molecule has 74 heavy (non-hydrogen) atoms. The average molecular weight is 972 g/mol. The number of nitrogens with zero attached hydrogens (tertiary/aromatic N) is 1. The largest absolute Gasteiger partial charge is 0.310 e. The summed E-state index contributed by atoms with van der Waals surface area (Å²) in [7, 11) is 0. The van der Waals surface area contributed by atoms with Crippen LogP contribution in [0.3, 0.4) is 0 Å². The third-order valence-corrected chi connectivity index (χ3v) is 16.6. The van der Waals surface area contributed by atoms with E-state index in [0.717, 1.165) is 11.4 Å². The van der Waals surface area contributed by atoms with Crippen LogP contribution in [0.15, 0.2) is 170 Å². The molecule has 378 valence electrons. The first-order valence-corrected chi connectivity index (χ1v) is 27.8. The number of benzene rings is 8. The van der Waals surface area contributed by atoms with E-state index in [-0.39, 0.29) is 27.1 Å². The van der Waals surface area contributed by atoms with Gasteiger partial charge in [-0.05, 0) is 172 Å². The Morgan fingerprint density at radius 3 is 1.36 bits per heavy atom. The number of hydrogen-bond donors (Lipinski definition) is 0. The monoisotopic (exact) mass is 972 g/mol. The highest BCUT2D eigenvalue weighted by molar-refractivity contribution is 5.92. The van der Waals surface area contributed by atoms with Crippen molar-refractivity contribution in [1.29, 1.82) is 0 Å². The molecule has 0 spiro atoms. The molecule has 0 heterocycles. The summed E-state index contributed by atoms with van der Waals surface area (Å²) in [6.07, 6.45) is 6.64. The van der Waals surface area contributed by atoms with Gasteiger partial charge in [0.05, 0.1) is 5.69 Å². The highest BCUT2D eigenvalue weighted by Crippen LogP contribution is 2.52. The summed E-state index contributed by atoms with van der Waals surface area (Å²) in [5.74, 6) is 0.667. The summed E-state index contributed by atoms with van der Waals surface area (Å²) in [4.78, 5) is 2.53. The maximum absolute atomic E-state index is 2.53. The van der Waals surface area contributed by atoms with Crippen molar-refractivity contribution in [2.24, 2.45) is 0 Å². The van der Waals surface area contributed by atoms with Crippen molar-refractivity contribution < 1.29 is 0 Å². The molecule has 1 nitrogen and oxygen atoms in total. The summed E-state index contributed by atoms with van der Waals surface area (Å²) in [6.45, 7) is 32.9. The van der Waals surface area contributed by atoms with Gasteiger partial charge < -0.3 is 4.90 Å². The van der Waals surface area contributed by atoms with Crippen LogP contribution in [-0.4, -0.2) is 0 Å². The predicted octanol–water partition coefficient (Wildman–Crippen LogP) is 21.4. The van der Waals surface area contributed by atoms with Crippen LogP contribution in [0.25, 0.3) is 55.6 Å². The molecule has 0 amide bonds. The molecular weight excluding hydrogens is 891 g/mol. The van der Waals surface area contributed by atoms with E-state index in [1.165, 1.54) is 132 Å². The third kappa shape index (κ3) is 10.1. The minimum Gasteiger partial charge on any atom is -0.310 e. The van der Waals surface area contributed by atoms with Gasteiger partial charge in [0.2, 0.25) is 0 Å². The first-order chi connectivity index (χ1) is 34.9. The molecule has 0 radical (unpaired) electrons. The van der Waals surface area contributed by atoms with E-state index in [1.54, 1.807) is 0 Å². The standard InChI is InChI=1S/C73H81N/c1-69(2,3)57-39-52(37-53(40-57)54-38-55(42-58(41-54)70(4,5)6)56-43-59(71(7,8)9)46-60(44-56)72(10,11)12)51-25-22-26-61(45-51)74(62-35-36-65-64-28-18-20-29-66(64)73(13,14)67(65)47-62)68-30-21-19-27-63(68)50-33-31-49(32-34-50)48-23-16-15-17-24-48/h18-22,25-48H,15-17,23-24H2,1-14H3. The molecule has 0 aromatic heterocycles. The summed E-state index contributed by atoms with van der Waals surface area (Å²) < 4.78 is 0. The van der Waals surface area contributed by atoms with E-state index in [4.69, 9.17) is 0 Å². The van der Waals surface area contributed by atoms with Gasteiger partial charge in [-0.1, -0.05) is 244 Å². The van der Waals surface area contributed by atoms with Gasteiger partial charge in [0.15, 0.2) is 0 Å². The van der Waals surface area contributed by atoms with Crippen molar-refractivity contribution >= 4 is 17.1 Å². The van der Waals surface area contributed by atoms with E-state index in [9.17, 15) is 0 Å². The lowest BCUT2D eigenvalue weighted by atomic mass is 9.77. The Morgan fingerprint density at radius 1 is 0.351 bits per heavy atom. The molecule has 2 aliphatic rings. The number of hydrogen-bond acceptors (Lipinski definition) is 1. The zero-order valence-electron chi connectivity index (χ0n) is 47.2. The molecule has 2 aliphatic carbocycles. The van der Waals surface area contributed by atoms with Gasteiger partial charge >= 0.3 is 0 Å². The van der Waals surface area contributed by atoms with Crippen LogP contribution in [0, 0.1) is 0 Å². The van der Waals surface area contributed by atoms with Crippen LogP contribution in [0.2, 0.25) is 0 Å². The number of para-hydroxylation sites is 1. The number of rotatable bonds is 8. The van der Waals surface area contributed by atoms with Crippen molar-refractivity contribution in [3.63, 3.8) is 0 Å². The van der Waals surface area contributed by atoms with Crippen LogP contribution in [0.5, 0.6) is 0 Å². The molecule has 1 heteroatoms. The van der Waals surface area contributed by atoms with Gasteiger partial charge in [-0.15, -0.1) is 0 Å². The molecule has 0 bridgehead atoms. The molecule has 0 saturated heterocycles. The minimum absolute atomic E-state index is 0.0192. The second-order valence-corrected chi connectivity index (χ2v) is 26.7. The molecule has 0 unspecified atom stereocenters. The lowest BCUT2D eigenvalue weighted by Crippen LogP contribution is -2.17. The van der Waals surface area contributed by atoms with Crippen molar-refractivity contribution in [2.75, 3.05) is 4.90 Å². The molecule has 10 rings (SSSR count). The molecular formula is C73H81N. The first kappa shape index (κ1) is 51.1. The van der Waals surface area contributed by atoms with Crippen LogP contribution < -0.4 is 4.90 Å². The maximum Gasteiger partial charge on any atom is 0.0540 e. The van der Waals surface area contributed by atoms with Crippen molar-refractivity contribution in [3.05, 3.63) is 209 Å². The Balaban J connectivity index is 1.14. The molecule has 1 fully saturated rings. The topological polar surface area (TPSA) is 3.24 Å². The van der Waals surface area contributed by atoms with Gasteiger partial charge in [-0.25, -0.2) is 0 Å². The fraction of sp³-hybridized carbons (Fsp3) is 0.342. The number of fused-ring (bicyclic) bond motifs is 3. The second-order valence-electron chi connectivity index (χ2n) is 26.7. The summed E-state index contributed by atoms with van der Waals surface area (Å²) >= 11 is 0. The zero-order valence-corrected chi connectivity index (χ0v) is 47.2. The molecule has 0 atom stereocenters. The Hall–Kier alpha value is -6.44. The quantitative estimate of drug-likeness (QED) is 0.147. The fourth-order valence-corrected chi connectivity index (χ4v) is 11.8. The summed E-state index contributed by atoms with van der Waals surface area (Å²) in [5.41, 5.74) is 25.5. The average Bonchev–Trinajstić information content (AvgIpc) is 3.60. The minimum atomic E-state index is -0.137. The Morgan fingerprint density at radius 2 is 0.811 bits per heavy atom. The zero-order chi connectivity index (χ0) is 52.5. The van der Waals surface area contributed by atoms with Crippen molar-refractivity contribution in [2.45, 2.75) is 162 Å². The molecule has 8 aromatic carbocycles. The van der Waals surface area contributed by atoms with Gasteiger partial charge in [-0.2, -0.15) is 0 Å². The maximum atomic E-state index is 2.53. The Labute approximate surface area is 446 Å². The molecule has 0 aliphatic heterocycles. The second kappa shape index (κ2) is 19.0. The van der Waals surface area contributed by atoms with Crippen LogP contribution in [-0.2, 0) is 27.1 Å². The van der Waals surface area contributed by atoms with Gasteiger partial charge in [0.1, 0.15) is 0 Å². The van der Waals surface area contributed by atoms with Crippen molar-refractivity contribution in [3.8, 4) is 55.6 Å². The van der Waals surface area contributed by atoms with E-state index in [2.05, 4.69) is 272 Å². The third-order valence-electron chi connectivity index (χ3n) is 16.6. The molecule has 0 N–H and O–H groups in total. The van der Waals surface area contributed by atoms with E-state index < -0.39 is 0 Å². The highest BCUT2D eigenvalue weighted by Gasteiger charge is 2.36. The summed E-state index contributed by atoms with van der Waals surface area (Å²) in [6, 6.07) is 66.2. The van der Waals surface area contributed by atoms with Crippen LogP contribution in [0.1, 0.15) is 174 Å². The highest BCUT2D eigenvalue weighted by atomic mass is 15.1. The SMILES string of the molecule is CC(C)(C)c1cc(-c2cccc(N(c3ccc4c(c3)C(C)(C)c3ccccc3-4)c3ccccc3-c3ccc(C4CCCCC4)cc3)c2)cc(-c2cc(-c3cc(C(C)(C)C)cc(C(C)(C)C)c3)cc(C(C)(C)C)c2)c1. The van der Waals surface area contributed by atoms with Crippen molar-refractivity contribution in [1.82, 2.24) is 0 Å². The Kier molecular flexibility index (Phi) is 13.1. The molecule has 1 saturated carbocycles. The van der Waals surface area contributed by atoms with E-state index in [1.807, 2.05) is 0 Å².